The molecule has 0 saturated heterocycles. The van der Waals surface area contributed by atoms with Gasteiger partial charge in [0, 0.05) is 0 Å². The van der Waals surface area contributed by atoms with Gasteiger partial charge in [-0.3, -0.25) is 9.59 Å². The first-order chi connectivity index (χ1) is 13.4. The minimum Gasteiger partial charge on any atom is -0.481 e. The van der Waals surface area contributed by atoms with Crippen LogP contribution >= 0.6 is 25.3 Å². The van der Waals surface area contributed by atoms with Crippen molar-refractivity contribution in [3.63, 3.8) is 0 Å². The molecule has 0 fully saturated rings. The zero-order valence-electron chi connectivity index (χ0n) is 14.6. The van der Waals surface area contributed by atoms with Crippen LogP contribution in [0.5, 0.6) is 0 Å². The van der Waals surface area contributed by atoms with E-state index in [0.717, 1.165) is 18.2 Å². The highest BCUT2D eigenvalue weighted by Gasteiger charge is 2.17. The molecule has 0 aliphatic carbocycles. The SMILES string of the molecule is O=C(O)CS.O=C(O)CS.O=C(O)c1ccc(C(=O)O)c(C(=O)O)c1.OCCO. The van der Waals surface area contributed by atoms with Gasteiger partial charge in [-0.2, -0.15) is 25.3 Å². The zero-order valence-corrected chi connectivity index (χ0v) is 16.4. The fourth-order valence-corrected chi connectivity index (χ4v) is 1.04. The number of aromatic carboxylic acids is 3. The van der Waals surface area contributed by atoms with E-state index in [1.54, 1.807) is 0 Å². The molecule has 0 aliphatic heterocycles. The van der Waals surface area contributed by atoms with Crippen LogP contribution in [0.1, 0.15) is 31.1 Å². The molecule has 1 aromatic carbocycles. The molecule has 1 aromatic rings. The van der Waals surface area contributed by atoms with Crippen molar-refractivity contribution in [2.75, 3.05) is 24.7 Å². The second-order valence-corrected chi connectivity index (χ2v) is 4.86. The number of carboxylic acid groups (broad SMARTS) is 5. The summed E-state index contributed by atoms with van der Waals surface area (Å²) in [4.78, 5) is 50.3. The molecular weight excluding hydrogens is 436 g/mol. The second kappa shape index (κ2) is 18.5. The molecule has 29 heavy (non-hydrogen) atoms. The van der Waals surface area contributed by atoms with E-state index in [0.29, 0.717) is 0 Å². The number of benzene rings is 1. The predicted molar refractivity (Wildman–Crippen MR) is 104 cm³/mol. The van der Waals surface area contributed by atoms with Crippen LogP contribution in [0.3, 0.4) is 0 Å². The third kappa shape index (κ3) is 18.3. The second-order valence-electron chi connectivity index (χ2n) is 4.23. The van der Waals surface area contributed by atoms with Gasteiger partial charge >= 0.3 is 29.8 Å². The quantitative estimate of drug-likeness (QED) is 0.253. The molecule has 0 aliphatic rings. The van der Waals surface area contributed by atoms with Crippen LogP contribution in [0.4, 0.5) is 0 Å². The molecular formula is C15H20O12S2. The topological polar surface area (TPSA) is 227 Å². The van der Waals surface area contributed by atoms with E-state index in [-0.39, 0.29) is 30.3 Å². The number of carbonyl (C=O) groups is 5. The Kier molecular flexibility index (Phi) is 19.8. The summed E-state index contributed by atoms with van der Waals surface area (Å²) >= 11 is 6.83. The lowest BCUT2D eigenvalue weighted by molar-refractivity contribution is -0.134. The highest BCUT2D eigenvalue weighted by atomic mass is 32.1. The highest BCUT2D eigenvalue weighted by molar-refractivity contribution is 7.81. The first-order valence-electron chi connectivity index (χ1n) is 7.10. The van der Waals surface area contributed by atoms with Crippen molar-refractivity contribution in [1.82, 2.24) is 0 Å². The van der Waals surface area contributed by atoms with Gasteiger partial charge in [-0.05, 0) is 18.2 Å². The minimum absolute atomic E-state index is 0.0833. The molecule has 0 spiro atoms. The van der Waals surface area contributed by atoms with Gasteiger partial charge in [-0.25, -0.2) is 14.4 Å². The van der Waals surface area contributed by atoms with Crippen LogP contribution in [-0.4, -0.2) is 90.3 Å². The van der Waals surface area contributed by atoms with Gasteiger partial charge in [0.2, 0.25) is 0 Å². The number of thiol groups is 2. The molecule has 12 nitrogen and oxygen atoms in total. The Labute approximate surface area is 174 Å². The van der Waals surface area contributed by atoms with Crippen LogP contribution in [0.25, 0.3) is 0 Å². The molecule has 0 amide bonds. The van der Waals surface area contributed by atoms with Crippen molar-refractivity contribution >= 4 is 55.1 Å². The number of aliphatic hydroxyl groups is 2. The zero-order chi connectivity index (χ0) is 23.6. The molecule has 164 valence electrons. The number of hydrogen-bond acceptors (Lipinski definition) is 9. The Morgan fingerprint density at radius 2 is 1.00 bits per heavy atom. The van der Waals surface area contributed by atoms with E-state index in [1.165, 1.54) is 0 Å². The Morgan fingerprint density at radius 3 is 1.21 bits per heavy atom. The fraction of sp³-hybridized carbons (Fsp3) is 0.267. The van der Waals surface area contributed by atoms with E-state index < -0.39 is 41.0 Å². The lowest BCUT2D eigenvalue weighted by Gasteiger charge is -2.02. The lowest BCUT2D eigenvalue weighted by atomic mass is 10.0. The third-order valence-electron chi connectivity index (χ3n) is 2.10. The number of carboxylic acids is 5. The van der Waals surface area contributed by atoms with E-state index >= 15 is 0 Å². The number of aliphatic carboxylic acids is 2. The fourth-order valence-electron chi connectivity index (χ4n) is 1.04. The summed E-state index contributed by atoms with van der Waals surface area (Å²) in [6.45, 7) is -0.250. The molecule has 7 N–H and O–H groups in total. The van der Waals surface area contributed by atoms with Gasteiger partial charge in [-0.1, -0.05) is 0 Å². The van der Waals surface area contributed by atoms with E-state index in [4.69, 9.17) is 35.7 Å². The summed E-state index contributed by atoms with van der Waals surface area (Å²) in [5.41, 5.74) is -1.24. The summed E-state index contributed by atoms with van der Waals surface area (Å²) in [5.74, 6) is -6.13. The summed E-state index contributed by atoms with van der Waals surface area (Å²) in [6, 6.07) is 2.81. The van der Waals surface area contributed by atoms with Crippen molar-refractivity contribution in [2.24, 2.45) is 0 Å². The largest absolute Gasteiger partial charge is 0.481 e. The van der Waals surface area contributed by atoms with Crippen molar-refractivity contribution in [1.29, 1.82) is 0 Å². The van der Waals surface area contributed by atoms with Crippen molar-refractivity contribution in [3.8, 4) is 0 Å². The monoisotopic (exact) mass is 456 g/mol. The van der Waals surface area contributed by atoms with E-state index in [2.05, 4.69) is 25.3 Å². The molecule has 0 bridgehead atoms. The van der Waals surface area contributed by atoms with Crippen molar-refractivity contribution in [3.05, 3.63) is 34.9 Å². The molecule has 0 unspecified atom stereocenters. The standard InChI is InChI=1S/C9H6O6.2C2H4O2S.C2H6O2/c10-7(11)4-1-2-5(8(12)13)6(3-4)9(14)15;2*3-2(4)1-5;3-1-2-4/h1-3H,(H,10,11)(H,12,13)(H,14,15);2*5H,1H2,(H,3,4);3-4H,1-2H2. The maximum Gasteiger partial charge on any atom is 0.336 e. The van der Waals surface area contributed by atoms with Crippen LogP contribution in [0.2, 0.25) is 0 Å². The highest BCUT2D eigenvalue weighted by Crippen LogP contribution is 2.12. The van der Waals surface area contributed by atoms with Crippen LogP contribution in [0.15, 0.2) is 18.2 Å². The van der Waals surface area contributed by atoms with Gasteiger partial charge in [0.15, 0.2) is 0 Å². The van der Waals surface area contributed by atoms with Gasteiger partial charge in [0.05, 0.1) is 41.4 Å². The van der Waals surface area contributed by atoms with Crippen molar-refractivity contribution < 1.29 is 59.7 Å². The van der Waals surface area contributed by atoms with Crippen molar-refractivity contribution in [2.45, 2.75) is 0 Å². The molecule has 0 atom stereocenters. The van der Waals surface area contributed by atoms with Gasteiger partial charge in [-0.15, -0.1) is 0 Å². The predicted octanol–water partition coefficient (Wildman–Crippen LogP) is -0.246. The molecule has 0 aromatic heterocycles. The van der Waals surface area contributed by atoms with Crippen LogP contribution in [0, 0.1) is 0 Å². The summed E-state index contributed by atoms with van der Waals surface area (Å²) in [5, 5.41) is 56.4. The summed E-state index contributed by atoms with van der Waals surface area (Å²) in [6.07, 6.45) is 0. The van der Waals surface area contributed by atoms with Crippen LogP contribution in [-0.2, 0) is 9.59 Å². The minimum atomic E-state index is -1.48. The first kappa shape index (κ1) is 30.9. The number of hydrogen-bond donors (Lipinski definition) is 9. The molecule has 0 radical (unpaired) electrons. The lowest BCUT2D eigenvalue weighted by Crippen LogP contribution is -2.10. The molecule has 14 heteroatoms. The number of rotatable bonds is 6. The van der Waals surface area contributed by atoms with E-state index in [1.807, 2.05) is 0 Å². The molecule has 0 heterocycles. The van der Waals surface area contributed by atoms with E-state index in [9.17, 15) is 24.0 Å². The normalized spacial score (nSPS) is 8.55. The average Bonchev–Trinajstić information content (AvgIpc) is 2.68. The average molecular weight is 456 g/mol. The smallest absolute Gasteiger partial charge is 0.336 e. The molecule has 0 saturated carbocycles. The Hall–Kier alpha value is -2.81. The Morgan fingerprint density at radius 1 is 0.655 bits per heavy atom. The van der Waals surface area contributed by atoms with Gasteiger partial charge in [0.25, 0.3) is 0 Å². The van der Waals surface area contributed by atoms with Gasteiger partial charge < -0.3 is 35.7 Å². The molecule has 1 rings (SSSR count). The maximum atomic E-state index is 10.6. The summed E-state index contributed by atoms with van der Waals surface area (Å²) in [7, 11) is 0. The number of aliphatic hydroxyl groups excluding tert-OH is 2. The van der Waals surface area contributed by atoms with Gasteiger partial charge in [0.1, 0.15) is 0 Å². The maximum absolute atomic E-state index is 10.6. The van der Waals surface area contributed by atoms with Crippen LogP contribution < -0.4 is 0 Å². The first-order valence-corrected chi connectivity index (χ1v) is 8.36. The summed E-state index contributed by atoms with van der Waals surface area (Å²) < 4.78 is 0. The Balaban J connectivity index is -0.000000396. The third-order valence-corrected chi connectivity index (χ3v) is 2.64. The Bertz CT molecular complexity index is 674.